The van der Waals surface area contributed by atoms with Crippen molar-refractivity contribution in [3.05, 3.63) is 23.3 Å². The fourth-order valence-corrected chi connectivity index (χ4v) is 4.57. The highest BCUT2D eigenvalue weighted by molar-refractivity contribution is 6.62. The summed E-state index contributed by atoms with van der Waals surface area (Å²) in [5.41, 5.74) is 5.33. The molecule has 4 rings (SSSR count). The number of benzene rings is 1. The largest absolute Gasteiger partial charge is 0.669 e. The van der Waals surface area contributed by atoms with E-state index in [4.69, 9.17) is 15.1 Å². The van der Waals surface area contributed by atoms with Crippen LogP contribution in [0.15, 0.2) is 12.1 Å². The number of fused-ring (bicyclic) bond motifs is 3. The predicted octanol–water partition coefficient (Wildman–Crippen LogP) is -1.46. The summed E-state index contributed by atoms with van der Waals surface area (Å²) in [6.07, 6.45) is 0.187. The number of aromatic carboxylic acids is 1. The SMILES string of the molecule is CN(C)C(=O)CNC(=O)[C@@](C)(N)CN1CC(Oc2ccc3c(c2C(=O)O)O[B-](O)(O)[C@H]2C[C@@H]32)C1. The molecule has 0 aromatic heterocycles. The number of hydrogen-bond donors (Lipinski definition) is 5. The van der Waals surface area contributed by atoms with Crippen molar-refractivity contribution in [1.29, 1.82) is 0 Å². The Morgan fingerprint density at radius 3 is 2.62 bits per heavy atom. The minimum atomic E-state index is -3.11. The summed E-state index contributed by atoms with van der Waals surface area (Å²) in [6, 6.07) is 3.28. The molecule has 1 saturated heterocycles. The molecule has 2 amide bonds. The third kappa shape index (κ3) is 4.56. The minimum absolute atomic E-state index is 0.0524. The van der Waals surface area contributed by atoms with Crippen molar-refractivity contribution in [1.82, 2.24) is 15.1 Å². The first kappa shape index (κ1) is 24.3. The van der Waals surface area contributed by atoms with E-state index < -0.39 is 30.0 Å². The molecule has 12 nitrogen and oxygen atoms in total. The number of carboxylic acid groups (broad SMARTS) is 1. The average Bonchev–Trinajstić information content (AvgIpc) is 3.51. The highest BCUT2D eigenvalue weighted by atomic mass is 16.6. The molecular formula is C21H30BN4O8-. The standard InChI is InChI=1S/C21H30BN4O8/c1-21(23,20(30)24-7-16(27)25(2)3)10-26-8-11(9-26)33-15-5-4-12-13-6-14(13)22(31,32)34-18(12)17(15)19(28)29/h4-5,11,13-14,31-32H,6-10,23H2,1-3H3,(H,24,30)(H,28,29)/q-1/t13-,14-,21-/m0/s1. The molecule has 186 valence electrons. The molecule has 3 aliphatic rings. The maximum atomic E-state index is 12.4. The van der Waals surface area contributed by atoms with E-state index in [0.29, 0.717) is 25.1 Å². The molecule has 1 saturated carbocycles. The average molecular weight is 477 g/mol. The van der Waals surface area contributed by atoms with E-state index >= 15 is 0 Å². The van der Waals surface area contributed by atoms with E-state index in [-0.39, 0.29) is 48.1 Å². The van der Waals surface area contributed by atoms with Gasteiger partial charge in [0.15, 0.2) is 0 Å². The fraction of sp³-hybridized carbons (Fsp3) is 0.571. The number of carbonyl (C=O) groups excluding carboxylic acids is 2. The molecule has 3 atom stereocenters. The summed E-state index contributed by atoms with van der Waals surface area (Å²) in [5.74, 6) is -2.50. The van der Waals surface area contributed by atoms with Crippen LogP contribution in [0.2, 0.25) is 5.82 Å². The van der Waals surface area contributed by atoms with Gasteiger partial charge in [0.25, 0.3) is 0 Å². The number of carboxylic acids is 1. The second-order valence-electron chi connectivity index (χ2n) is 9.87. The molecule has 34 heavy (non-hydrogen) atoms. The third-order valence-corrected chi connectivity index (χ3v) is 6.64. The number of nitrogens with one attached hydrogen (secondary N) is 1. The van der Waals surface area contributed by atoms with E-state index in [1.165, 1.54) is 4.90 Å². The topological polar surface area (TPSA) is 175 Å². The van der Waals surface area contributed by atoms with Crippen molar-refractivity contribution in [2.45, 2.75) is 36.7 Å². The first-order valence-corrected chi connectivity index (χ1v) is 11.1. The second-order valence-corrected chi connectivity index (χ2v) is 9.87. The molecule has 0 unspecified atom stereocenters. The molecule has 1 aromatic rings. The first-order valence-electron chi connectivity index (χ1n) is 11.1. The van der Waals surface area contributed by atoms with Crippen LogP contribution in [0.25, 0.3) is 0 Å². The summed E-state index contributed by atoms with van der Waals surface area (Å²) in [4.78, 5) is 39.3. The van der Waals surface area contributed by atoms with Gasteiger partial charge in [0, 0.05) is 33.7 Å². The van der Waals surface area contributed by atoms with Gasteiger partial charge in [0.2, 0.25) is 11.8 Å². The van der Waals surface area contributed by atoms with Crippen LogP contribution in [-0.4, -0.2) is 101 Å². The molecule has 6 N–H and O–H groups in total. The van der Waals surface area contributed by atoms with Crippen LogP contribution in [0.3, 0.4) is 0 Å². The highest BCUT2D eigenvalue weighted by Gasteiger charge is 2.55. The van der Waals surface area contributed by atoms with E-state index in [0.717, 1.165) is 0 Å². The Bertz CT molecular complexity index is 1020. The minimum Gasteiger partial charge on any atom is -0.669 e. The Labute approximate surface area is 196 Å². The zero-order valence-electron chi connectivity index (χ0n) is 19.4. The Balaban J connectivity index is 1.36. The van der Waals surface area contributed by atoms with Crippen LogP contribution in [0, 0.1) is 0 Å². The second kappa shape index (κ2) is 8.41. The van der Waals surface area contributed by atoms with E-state index in [1.54, 1.807) is 33.2 Å². The zero-order chi connectivity index (χ0) is 25.0. The van der Waals surface area contributed by atoms with Crippen LogP contribution in [0.1, 0.15) is 35.2 Å². The summed E-state index contributed by atoms with van der Waals surface area (Å²) in [5, 5.41) is 32.6. The van der Waals surface area contributed by atoms with Crippen molar-refractivity contribution in [2.75, 3.05) is 40.3 Å². The van der Waals surface area contributed by atoms with Crippen LogP contribution in [0.5, 0.6) is 11.5 Å². The molecule has 2 aliphatic heterocycles. The molecule has 2 fully saturated rings. The van der Waals surface area contributed by atoms with Crippen LogP contribution < -0.4 is 20.4 Å². The van der Waals surface area contributed by atoms with E-state index in [1.807, 2.05) is 4.90 Å². The number of ether oxygens (including phenoxy) is 1. The number of carbonyl (C=O) groups is 3. The van der Waals surface area contributed by atoms with Gasteiger partial charge in [-0.3, -0.25) is 14.5 Å². The van der Waals surface area contributed by atoms with Crippen LogP contribution in [0.4, 0.5) is 0 Å². The number of amides is 2. The molecule has 13 heteroatoms. The quantitative estimate of drug-likeness (QED) is 0.279. The Hall–Kier alpha value is -2.87. The lowest BCUT2D eigenvalue weighted by molar-refractivity contribution is -0.133. The zero-order valence-corrected chi connectivity index (χ0v) is 19.4. The molecule has 1 aliphatic carbocycles. The van der Waals surface area contributed by atoms with Gasteiger partial charge in [-0.2, -0.15) is 0 Å². The third-order valence-electron chi connectivity index (χ3n) is 6.64. The normalized spacial score (nSPS) is 24.4. The molecule has 1 aromatic carbocycles. The van der Waals surface area contributed by atoms with Gasteiger partial charge in [0.05, 0.1) is 12.3 Å². The van der Waals surface area contributed by atoms with Crippen LogP contribution in [-0.2, 0) is 9.59 Å². The lowest BCUT2D eigenvalue weighted by Gasteiger charge is -2.43. The number of hydrogen-bond acceptors (Lipinski definition) is 9. The maximum Gasteiger partial charge on any atom is 0.434 e. The predicted molar refractivity (Wildman–Crippen MR) is 120 cm³/mol. The first-order chi connectivity index (χ1) is 15.8. The molecule has 0 bridgehead atoms. The Morgan fingerprint density at radius 2 is 2.00 bits per heavy atom. The van der Waals surface area contributed by atoms with Gasteiger partial charge in [-0.15, -0.1) is 0 Å². The monoisotopic (exact) mass is 477 g/mol. The lowest BCUT2D eigenvalue weighted by atomic mass is 9.68. The number of likely N-dealkylation sites (tertiary alicyclic amines) is 1. The number of nitrogens with two attached hydrogens (primary N) is 1. The van der Waals surface area contributed by atoms with Crippen LogP contribution >= 0.6 is 0 Å². The summed E-state index contributed by atoms with van der Waals surface area (Å²) >= 11 is 0. The van der Waals surface area contributed by atoms with Gasteiger partial charge >= 0.3 is 12.7 Å². The summed E-state index contributed by atoms with van der Waals surface area (Å²) in [7, 11) is 3.18. The van der Waals surface area contributed by atoms with Gasteiger partial charge in [-0.25, -0.2) is 4.79 Å². The highest BCUT2D eigenvalue weighted by Crippen LogP contribution is 2.63. The molecule has 0 spiro atoms. The van der Waals surface area contributed by atoms with Crippen molar-refractivity contribution in [3.63, 3.8) is 0 Å². The molecule has 0 radical (unpaired) electrons. The van der Waals surface area contributed by atoms with E-state index in [9.17, 15) is 29.5 Å². The fourth-order valence-electron chi connectivity index (χ4n) is 4.57. The van der Waals surface area contributed by atoms with Gasteiger partial charge in [-0.05, 0) is 24.5 Å². The Kier molecular flexibility index (Phi) is 6.01. The van der Waals surface area contributed by atoms with E-state index in [2.05, 4.69) is 5.32 Å². The van der Waals surface area contributed by atoms with Crippen molar-refractivity contribution in [2.24, 2.45) is 5.73 Å². The maximum absolute atomic E-state index is 12.4. The number of likely N-dealkylation sites (N-methyl/N-ethyl adjacent to an activating group) is 1. The number of nitrogens with zero attached hydrogens (tertiary/aromatic N) is 2. The summed E-state index contributed by atoms with van der Waals surface area (Å²) in [6.45, 7) is -0.647. The smallest absolute Gasteiger partial charge is 0.434 e. The lowest BCUT2D eigenvalue weighted by Crippen LogP contribution is -2.64. The van der Waals surface area contributed by atoms with Gasteiger partial charge in [-0.1, -0.05) is 18.3 Å². The van der Waals surface area contributed by atoms with Gasteiger partial charge < -0.3 is 40.5 Å². The van der Waals surface area contributed by atoms with Crippen molar-refractivity contribution in [3.8, 4) is 11.5 Å². The van der Waals surface area contributed by atoms with Gasteiger partial charge in [0.1, 0.15) is 23.0 Å². The molecule has 2 heterocycles. The number of rotatable bonds is 8. The summed E-state index contributed by atoms with van der Waals surface area (Å²) < 4.78 is 11.2. The van der Waals surface area contributed by atoms with Crippen molar-refractivity contribution < 1.29 is 38.9 Å². The van der Waals surface area contributed by atoms with Crippen molar-refractivity contribution >= 4 is 24.5 Å². The Morgan fingerprint density at radius 1 is 1.32 bits per heavy atom. The molecular weight excluding hydrogens is 447 g/mol.